The molecule has 1 aliphatic heterocycles. The third kappa shape index (κ3) is 2.85. The molecule has 104 valence electrons. The van der Waals surface area contributed by atoms with Gasteiger partial charge in [-0.2, -0.15) is 0 Å². The highest BCUT2D eigenvalue weighted by Crippen LogP contribution is 2.32. The molecule has 0 unspecified atom stereocenters. The molecular weight excluding hydrogens is 257 g/mol. The summed E-state index contributed by atoms with van der Waals surface area (Å²) in [6.07, 6.45) is 0.882. The topological polar surface area (TPSA) is 30.5 Å². The average Bonchev–Trinajstić information content (AvgIpc) is 2.71. The normalized spacial score (nSPS) is 13.7. The van der Waals surface area contributed by atoms with E-state index in [1.165, 1.54) is 6.07 Å². The number of fused-ring (bicyclic) bond motifs is 1. The van der Waals surface area contributed by atoms with Crippen LogP contribution in [0.2, 0.25) is 0 Å². The lowest BCUT2D eigenvalue weighted by atomic mass is 10.2. The summed E-state index contributed by atoms with van der Waals surface area (Å²) in [6, 6.07) is 12.4. The maximum atomic E-state index is 13.5. The van der Waals surface area contributed by atoms with E-state index in [2.05, 4.69) is 5.32 Å². The molecule has 3 nitrogen and oxygen atoms in total. The molecule has 20 heavy (non-hydrogen) atoms. The number of anilines is 1. The Balaban J connectivity index is 1.72. The van der Waals surface area contributed by atoms with Gasteiger partial charge in [0.15, 0.2) is 11.5 Å². The van der Waals surface area contributed by atoms with Crippen LogP contribution in [0.15, 0.2) is 42.5 Å². The van der Waals surface area contributed by atoms with Crippen molar-refractivity contribution in [3.8, 4) is 11.5 Å². The van der Waals surface area contributed by atoms with Crippen LogP contribution in [-0.4, -0.2) is 13.2 Å². The van der Waals surface area contributed by atoms with Crippen molar-refractivity contribution in [1.82, 2.24) is 0 Å². The zero-order valence-electron chi connectivity index (χ0n) is 11.1. The van der Waals surface area contributed by atoms with Gasteiger partial charge in [0.25, 0.3) is 0 Å². The monoisotopic (exact) mass is 273 g/mol. The largest absolute Gasteiger partial charge is 0.490 e. The molecule has 0 spiro atoms. The molecule has 0 amide bonds. The number of ether oxygens (including phenoxy) is 2. The molecule has 0 aliphatic carbocycles. The minimum Gasteiger partial charge on any atom is -0.490 e. The van der Waals surface area contributed by atoms with Crippen molar-refractivity contribution in [3.05, 3.63) is 53.8 Å². The fourth-order valence-electron chi connectivity index (χ4n) is 2.11. The van der Waals surface area contributed by atoms with Crippen molar-refractivity contribution in [2.24, 2.45) is 0 Å². The van der Waals surface area contributed by atoms with E-state index in [0.29, 0.717) is 25.3 Å². The van der Waals surface area contributed by atoms with Crippen LogP contribution in [0.5, 0.6) is 11.5 Å². The Labute approximate surface area is 117 Å². The van der Waals surface area contributed by atoms with Gasteiger partial charge < -0.3 is 14.8 Å². The molecule has 2 aromatic rings. The molecule has 1 heterocycles. The summed E-state index contributed by atoms with van der Waals surface area (Å²) < 4.78 is 24.7. The maximum absolute atomic E-state index is 13.5. The number of hydrogen-bond acceptors (Lipinski definition) is 3. The third-order valence-electron chi connectivity index (χ3n) is 3.19. The molecule has 3 rings (SSSR count). The second-order valence-corrected chi connectivity index (χ2v) is 4.66. The summed E-state index contributed by atoms with van der Waals surface area (Å²) in [5.74, 6) is 1.30. The molecule has 1 aliphatic rings. The molecule has 0 atom stereocenters. The summed E-state index contributed by atoms with van der Waals surface area (Å²) in [7, 11) is 0. The van der Waals surface area contributed by atoms with Crippen molar-refractivity contribution in [2.75, 3.05) is 18.5 Å². The summed E-state index contributed by atoms with van der Waals surface area (Å²) in [4.78, 5) is 0. The molecule has 0 saturated heterocycles. The van der Waals surface area contributed by atoms with E-state index in [4.69, 9.17) is 9.47 Å². The smallest absolute Gasteiger partial charge is 0.163 e. The van der Waals surface area contributed by atoms with Crippen molar-refractivity contribution in [3.63, 3.8) is 0 Å². The Morgan fingerprint density at radius 3 is 2.65 bits per heavy atom. The lowest BCUT2D eigenvalue weighted by Crippen LogP contribution is -2.02. The standard InChI is InChI=1S/C16H16FNO2/c17-14-5-2-1-4-12(14)11-18-13-6-7-15-16(10-13)20-9-3-8-19-15/h1-2,4-7,10,18H,3,8-9,11H2. The summed E-state index contributed by atoms with van der Waals surface area (Å²) in [5.41, 5.74) is 1.53. The molecular formula is C16H16FNO2. The van der Waals surface area contributed by atoms with E-state index in [9.17, 15) is 4.39 Å². The zero-order valence-corrected chi connectivity index (χ0v) is 11.1. The Kier molecular flexibility index (Phi) is 3.72. The molecule has 1 N–H and O–H groups in total. The van der Waals surface area contributed by atoms with Gasteiger partial charge in [0.05, 0.1) is 13.2 Å². The number of halogens is 1. The van der Waals surface area contributed by atoms with Crippen molar-refractivity contribution < 1.29 is 13.9 Å². The average molecular weight is 273 g/mol. The number of benzene rings is 2. The van der Waals surface area contributed by atoms with E-state index in [1.807, 2.05) is 24.3 Å². The third-order valence-corrected chi connectivity index (χ3v) is 3.19. The van der Waals surface area contributed by atoms with Gasteiger partial charge in [0, 0.05) is 30.3 Å². The van der Waals surface area contributed by atoms with E-state index in [0.717, 1.165) is 23.6 Å². The van der Waals surface area contributed by atoms with E-state index in [-0.39, 0.29) is 5.82 Å². The Morgan fingerprint density at radius 1 is 1.00 bits per heavy atom. The van der Waals surface area contributed by atoms with Crippen LogP contribution in [0.1, 0.15) is 12.0 Å². The van der Waals surface area contributed by atoms with E-state index >= 15 is 0 Å². The van der Waals surface area contributed by atoms with Gasteiger partial charge in [0.2, 0.25) is 0 Å². The SMILES string of the molecule is Fc1ccccc1CNc1ccc2c(c1)OCCCO2. The van der Waals surface area contributed by atoms with Gasteiger partial charge in [0.1, 0.15) is 5.82 Å². The predicted octanol–water partition coefficient (Wildman–Crippen LogP) is 3.60. The highest BCUT2D eigenvalue weighted by atomic mass is 19.1. The van der Waals surface area contributed by atoms with Gasteiger partial charge in [-0.05, 0) is 18.2 Å². The molecule has 4 heteroatoms. The van der Waals surface area contributed by atoms with Crippen LogP contribution in [0.25, 0.3) is 0 Å². The summed E-state index contributed by atoms with van der Waals surface area (Å²) in [6.45, 7) is 1.77. The zero-order chi connectivity index (χ0) is 13.8. The Bertz CT molecular complexity index is 601. The van der Waals surface area contributed by atoms with Gasteiger partial charge >= 0.3 is 0 Å². The van der Waals surface area contributed by atoms with Gasteiger partial charge in [-0.1, -0.05) is 18.2 Å². The van der Waals surface area contributed by atoms with Crippen LogP contribution in [0.3, 0.4) is 0 Å². The first-order valence-electron chi connectivity index (χ1n) is 6.70. The second-order valence-electron chi connectivity index (χ2n) is 4.66. The minimum atomic E-state index is -0.200. The quantitative estimate of drug-likeness (QED) is 0.927. The summed E-state index contributed by atoms with van der Waals surface area (Å²) >= 11 is 0. The van der Waals surface area contributed by atoms with Crippen LogP contribution < -0.4 is 14.8 Å². The maximum Gasteiger partial charge on any atom is 0.163 e. The number of nitrogens with one attached hydrogen (secondary N) is 1. The van der Waals surface area contributed by atoms with E-state index < -0.39 is 0 Å². The fraction of sp³-hybridized carbons (Fsp3) is 0.250. The molecule has 0 bridgehead atoms. The Morgan fingerprint density at radius 2 is 1.80 bits per heavy atom. The summed E-state index contributed by atoms with van der Waals surface area (Å²) in [5, 5.41) is 3.20. The van der Waals surface area contributed by atoms with Gasteiger partial charge in [-0.3, -0.25) is 0 Å². The highest BCUT2D eigenvalue weighted by molar-refractivity contribution is 5.55. The lowest BCUT2D eigenvalue weighted by molar-refractivity contribution is 0.297. The molecule has 0 radical (unpaired) electrons. The fourth-order valence-corrected chi connectivity index (χ4v) is 2.11. The first-order valence-corrected chi connectivity index (χ1v) is 6.70. The van der Waals surface area contributed by atoms with Crippen LogP contribution in [0, 0.1) is 5.82 Å². The minimum absolute atomic E-state index is 0.200. The first-order chi connectivity index (χ1) is 9.83. The second kappa shape index (κ2) is 5.82. The number of hydrogen-bond donors (Lipinski definition) is 1. The van der Waals surface area contributed by atoms with E-state index in [1.54, 1.807) is 12.1 Å². The highest BCUT2D eigenvalue weighted by Gasteiger charge is 2.10. The molecule has 0 fully saturated rings. The molecule has 2 aromatic carbocycles. The predicted molar refractivity (Wildman–Crippen MR) is 75.8 cm³/mol. The molecule has 0 aromatic heterocycles. The van der Waals surface area contributed by atoms with Crippen molar-refractivity contribution in [1.29, 1.82) is 0 Å². The van der Waals surface area contributed by atoms with Gasteiger partial charge in [-0.15, -0.1) is 0 Å². The van der Waals surface area contributed by atoms with Crippen molar-refractivity contribution >= 4 is 5.69 Å². The van der Waals surface area contributed by atoms with Crippen LogP contribution in [-0.2, 0) is 6.54 Å². The lowest BCUT2D eigenvalue weighted by Gasteiger charge is -2.11. The van der Waals surface area contributed by atoms with Gasteiger partial charge in [-0.25, -0.2) is 4.39 Å². The Hall–Kier alpha value is -2.23. The van der Waals surface area contributed by atoms with Crippen LogP contribution >= 0.6 is 0 Å². The first kappa shape index (κ1) is 12.8. The van der Waals surface area contributed by atoms with Crippen LogP contribution in [0.4, 0.5) is 10.1 Å². The number of rotatable bonds is 3. The molecule has 0 saturated carbocycles. The van der Waals surface area contributed by atoms with Crippen molar-refractivity contribution in [2.45, 2.75) is 13.0 Å².